The van der Waals surface area contributed by atoms with Crippen molar-refractivity contribution in [2.45, 2.75) is 13.0 Å². The molecule has 1 aromatic carbocycles. The van der Waals surface area contributed by atoms with E-state index in [2.05, 4.69) is 16.3 Å². The first kappa shape index (κ1) is 13.3. The lowest BCUT2D eigenvalue weighted by Crippen LogP contribution is -2.37. The van der Waals surface area contributed by atoms with Crippen LogP contribution in [0.3, 0.4) is 0 Å². The lowest BCUT2D eigenvalue weighted by molar-refractivity contribution is 0.123. The number of ether oxygens (including phenoxy) is 1. The van der Waals surface area contributed by atoms with E-state index in [1.165, 1.54) is 0 Å². The van der Waals surface area contributed by atoms with Crippen LogP contribution >= 0.6 is 12.2 Å². The Labute approximate surface area is 113 Å². The summed E-state index contributed by atoms with van der Waals surface area (Å²) in [7, 11) is 0. The minimum absolute atomic E-state index is 0.141. The quantitative estimate of drug-likeness (QED) is 0.813. The highest BCUT2D eigenvalue weighted by Gasteiger charge is 2.15. The van der Waals surface area contributed by atoms with Gasteiger partial charge in [-0.05, 0) is 19.1 Å². The summed E-state index contributed by atoms with van der Waals surface area (Å²) in [5, 5.41) is 3.23. The van der Waals surface area contributed by atoms with Gasteiger partial charge in [0.15, 0.2) is 0 Å². The first-order valence-corrected chi connectivity index (χ1v) is 6.57. The lowest BCUT2D eigenvalue weighted by atomic mass is 10.2. The van der Waals surface area contributed by atoms with Crippen LogP contribution in [0.2, 0.25) is 0 Å². The molecule has 1 atom stereocenters. The summed E-state index contributed by atoms with van der Waals surface area (Å²) in [6, 6.07) is 8.01. The molecule has 1 aliphatic heterocycles. The van der Waals surface area contributed by atoms with Gasteiger partial charge in [0.2, 0.25) is 0 Å². The van der Waals surface area contributed by atoms with Gasteiger partial charge in [0.25, 0.3) is 0 Å². The minimum atomic E-state index is -0.141. The Bertz CT molecular complexity index is 416. The van der Waals surface area contributed by atoms with E-state index in [4.69, 9.17) is 22.7 Å². The van der Waals surface area contributed by atoms with Crippen LogP contribution in [0, 0.1) is 0 Å². The van der Waals surface area contributed by atoms with Crippen molar-refractivity contribution in [1.82, 2.24) is 0 Å². The molecule has 1 aromatic rings. The molecule has 0 spiro atoms. The summed E-state index contributed by atoms with van der Waals surface area (Å²) < 4.78 is 5.37. The number of nitrogens with one attached hydrogen (secondary N) is 1. The summed E-state index contributed by atoms with van der Waals surface area (Å²) in [4.78, 5) is 2.96. The molecule has 0 bridgehead atoms. The fourth-order valence-electron chi connectivity index (χ4n) is 1.91. The van der Waals surface area contributed by atoms with E-state index in [1.807, 2.05) is 25.1 Å². The van der Waals surface area contributed by atoms with Crippen molar-refractivity contribution in [2.75, 3.05) is 36.5 Å². The van der Waals surface area contributed by atoms with E-state index in [0.717, 1.165) is 37.7 Å². The number of hydrogen-bond acceptors (Lipinski definition) is 4. The average Bonchev–Trinajstić information content (AvgIpc) is 2.40. The second-order valence-corrected chi connectivity index (χ2v) is 4.83. The molecule has 1 saturated heterocycles. The van der Waals surface area contributed by atoms with Gasteiger partial charge in [-0.3, -0.25) is 0 Å². The highest BCUT2D eigenvalue weighted by molar-refractivity contribution is 7.80. The zero-order chi connectivity index (χ0) is 13.0. The van der Waals surface area contributed by atoms with E-state index < -0.39 is 0 Å². The fraction of sp³-hybridized carbons (Fsp3) is 0.462. The maximum absolute atomic E-state index is 5.77. The van der Waals surface area contributed by atoms with Crippen molar-refractivity contribution in [3.63, 3.8) is 0 Å². The molecule has 1 aliphatic rings. The number of thiocarbonyl (C=S) groups is 1. The van der Waals surface area contributed by atoms with Gasteiger partial charge in [0.1, 0.15) is 0 Å². The van der Waals surface area contributed by atoms with Crippen molar-refractivity contribution in [2.24, 2.45) is 5.73 Å². The van der Waals surface area contributed by atoms with E-state index in [0.29, 0.717) is 4.99 Å². The topological polar surface area (TPSA) is 50.5 Å². The highest BCUT2D eigenvalue weighted by atomic mass is 32.1. The first-order chi connectivity index (χ1) is 8.68. The summed E-state index contributed by atoms with van der Waals surface area (Å²) in [5.74, 6) is 0. The molecule has 5 heteroatoms. The molecule has 1 heterocycles. The normalized spacial score (nSPS) is 17.3. The van der Waals surface area contributed by atoms with Crippen LogP contribution in [-0.4, -0.2) is 37.3 Å². The van der Waals surface area contributed by atoms with Gasteiger partial charge in [0.05, 0.1) is 35.6 Å². The maximum Gasteiger partial charge on any atom is 0.0965 e. The Morgan fingerprint density at radius 1 is 1.39 bits per heavy atom. The number of nitrogens with two attached hydrogens (primary N) is 1. The van der Waals surface area contributed by atoms with Crippen molar-refractivity contribution in [3.8, 4) is 0 Å². The molecule has 1 unspecified atom stereocenters. The van der Waals surface area contributed by atoms with Crippen LogP contribution in [0.5, 0.6) is 0 Å². The highest BCUT2D eigenvalue weighted by Crippen LogP contribution is 2.26. The second-order valence-electron chi connectivity index (χ2n) is 4.39. The Morgan fingerprint density at radius 3 is 2.72 bits per heavy atom. The molecule has 4 nitrogen and oxygen atoms in total. The monoisotopic (exact) mass is 265 g/mol. The number of para-hydroxylation sites is 2. The molecular weight excluding hydrogens is 246 g/mol. The SMILES string of the molecule is CC(N)C(=S)Nc1ccccc1N1CCOCC1. The predicted octanol–water partition coefficient (Wildman–Crippen LogP) is 1.61. The summed E-state index contributed by atoms with van der Waals surface area (Å²) in [6.45, 7) is 5.23. The van der Waals surface area contributed by atoms with Gasteiger partial charge < -0.3 is 20.7 Å². The Morgan fingerprint density at radius 2 is 2.06 bits per heavy atom. The van der Waals surface area contributed by atoms with Crippen LogP contribution in [-0.2, 0) is 4.74 Å². The van der Waals surface area contributed by atoms with Crippen LogP contribution < -0.4 is 16.0 Å². The van der Waals surface area contributed by atoms with Crippen LogP contribution in [0.15, 0.2) is 24.3 Å². The molecule has 0 aliphatic carbocycles. The Hall–Kier alpha value is -1.17. The molecular formula is C13H19N3OS. The molecule has 0 aromatic heterocycles. The van der Waals surface area contributed by atoms with E-state index >= 15 is 0 Å². The Balaban J connectivity index is 2.16. The summed E-state index contributed by atoms with van der Waals surface area (Å²) >= 11 is 5.24. The number of nitrogens with zero attached hydrogens (tertiary/aromatic N) is 1. The van der Waals surface area contributed by atoms with Gasteiger partial charge in [-0.15, -0.1) is 0 Å². The third kappa shape index (κ3) is 3.19. The molecule has 0 radical (unpaired) electrons. The molecule has 2 rings (SSSR count). The maximum atomic E-state index is 5.77. The fourth-order valence-corrected chi connectivity index (χ4v) is 2.02. The molecule has 3 N–H and O–H groups in total. The van der Waals surface area contributed by atoms with Gasteiger partial charge in [0, 0.05) is 13.1 Å². The number of benzene rings is 1. The lowest BCUT2D eigenvalue weighted by Gasteiger charge is -2.30. The number of rotatable bonds is 3. The van der Waals surface area contributed by atoms with Crippen molar-refractivity contribution < 1.29 is 4.74 Å². The average molecular weight is 265 g/mol. The smallest absolute Gasteiger partial charge is 0.0965 e. The van der Waals surface area contributed by atoms with E-state index in [9.17, 15) is 0 Å². The standard InChI is InChI=1S/C13H19N3OS/c1-10(14)13(18)15-11-4-2-3-5-12(11)16-6-8-17-9-7-16/h2-5,10H,6-9,14H2,1H3,(H,15,18). The van der Waals surface area contributed by atoms with Gasteiger partial charge in [-0.2, -0.15) is 0 Å². The molecule has 18 heavy (non-hydrogen) atoms. The zero-order valence-corrected chi connectivity index (χ0v) is 11.4. The predicted molar refractivity (Wildman–Crippen MR) is 79.3 cm³/mol. The van der Waals surface area contributed by atoms with Gasteiger partial charge in [-0.1, -0.05) is 24.4 Å². The number of anilines is 2. The molecule has 0 amide bonds. The number of morpholine rings is 1. The minimum Gasteiger partial charge on any atom is -0.378 e. The third-order valence-corrected chi connectivity index (χ3v) is 3.40. The van der Waals surface area contributed by atoms with Crippen molar-refractivity contribution >= 4 is 28.6 Å². The van der Waals surface area contributed by atoms with Crippen LogP contribution in [0.4, 0.5) is 11.4 Å². The third-order valence-electron chi connectivity index (χ3n) is 2.93. The molecule has 98 valence electrons. The second kappa shape index (κ2) is 6.13. The van der Waals surface area contributed by atoms with Crippen molar-refractivity contribution in [1.29, 1.82) is 0 Å². The summed E-state index contributed by atoms with van der Waals surface area (Å²) in [6.07, 6.45) is 0. The molecule has 0 saturated carbocycles. The van der Waals surface area contributed by atoms with Gasteiger partial charge >= 0.3 is 0 Å². The first-order valence-electron chi connectivity index (χ1n) is 6.16. The van der Waals surface area contributed by atoms with Crippen molar-refractivity contribution in [3.05, 3.63) is 24.3 Å². The largest absolute Gasteiger partial charge is 0.378 e. The zero-order valence-electron chi connectivity index (χ0n) is 10.6. The molecule has 1 fully saturated rings. The van der Waals surface area contributed by atoms with Crippen LogP contribution in [0.1, 0.15) is 6.92 Å². The number of hydrogen-bond donors (Lipinski definition) is 2. The van der Waals surface area contributed by atoms with Gasteiger partial charge in [-0.25, -0.2) is 0 Å². The Kier molecular flexibility index (Phi) is 4.52. The van der Waals surface area contributed by atoms with Crippen LogP contribution in [0.25, 0.3) is 0 Å². The summed E-state index contributed by atoms with van der Waals surface area (Å²) in [5.41, 5.74) is 7.95. The van der Waals surface area contributed by atoms with E-state index in [-0.39, 0.29) is 6.04 Å². The van der Waals surface area contributed by atoms with E-state index in [1.54, 1.807) is 0 Å².